The van der Waals surface area contributed by atoms with Crippen molar-refractivity contribution in [3.05, 3.63) is 11.1 Å². The maximum Gasteiger partial charge on any atom is -0.0227 e. The molecule has 2 unspecified atom stereocenters. The number of rotatable bonds is 5. The van der Waals surface area contributed by atoms with Gasteiger partial charge in [-0.2, -0.15) is 0 Å². The van der Waals surface area contributed by atoms with Crippen LogP contribution in [0, 0.1) is 17.8 Å². The lowest BCUT2D eigenvalue weighted by molar-refractivity contribution is 0.349. The molecule has 0 rings (SSSR count). The molecule has 0 aliphatic carbocycles. The Morgan fingerprint density at radius 2 is 1.50 bits per heavy atom. The number of allylic oxidation sites excluding steroid dienone is 2. The molecule has 0 heterocycles. The summed E-state index contributed by atoms with van der Waals surface area (Å²) in [5.74, 6) is 2.42. The van der Waals surface area contributed by atoms with Crippen LogP contribution >= 0.6 is 0 Å². The third-order valence-corrected chi connectivity index (χ3v) is 3.48. The monoisotopic (exact) mass is 196 g/mol. The topological polar surface area (TPSA) is 0 Å². The smallest absolute Gasteiger partial charge is 0.0227 e. The molecule has 0 saturated heterocycles. The molecule has 0 spiro atoms. The van der Waals surface area contributed by atoms with Gasteiger partial charge in [-0.1, -0.05) is 45.8 Å². The Labute approximate surface area is 90.8 Å². The van der Waals surface area contributed by atoms with E-state index in [9.17, 15) is 0 Å². The van der Waals surface area contributed by atoms with E-state index in [1.165, 1.54) is 18.4 Å². The van der Waals surface area contributed by atoms with E-state index in [0.29, 0.717) is 0 Å². The van der Waals surface area contributed by atoms with Crippen molar-refractivity contribution >= 4 is 0 Å². The summed E-state index contributed by atoms with van der Waals surface area (Å²) < 4.78 is 0. The first-order valence-electron chi connectivity index (χ1n) is 6.06. The Morgan fingerprint density at radius 1 is 1.00 bits per heavy atom. The second kappa shape index (κ2) is 6.27. The summed E-state index contributed by atoms with van der Waals surface area (Å²) in [5, 5.41) is 0. The van der Waals surface area contributed by atoms with Crippen molar-refractivity contribution in [1.82, 2.24) is 0 Å². The second-order valence-electron chi connectivity index (χ2n) is 5.24. The normalized spacial score (nSPS) is 15.4. The van der Waals surface area contributed by atoms with Crippen molar-refractivity contribution in [2.24, 2.45) is 17.8 Å². The zero-order chi connectivity index (χ0) is 11.3. The van der Waals surface area contributed by atoms with E-state index in [0.717, 1.165) is 17.8 Å². The molecule has 84 valence electrons. The van der Waals surface area contributed by atoms with Crippen LogP contribution in [-0.2, 0) is 0 Å². The Hall–Kier alpha value is -0.260. The van der Waals surface area contributed by atoms with E-state index in [1.54, 1.807) is 5.57 Å². The predicted molar refractivity (Wildman–Crippen MR) is 66.4 cm³/mol. The largest absolute Gasteiger partial charge is 0.0770 e. The first-order valence-corrected chi connectivity index (χ1v) is 6.06. The van der Waals surface area contributed by atoms with Gasteiger partial charge in [0.1, 0.15) is 0 Å². The average molecular weight is 196 g/mol. The van der Waals surface area contributed by atoms with Gasteiger partial charge >= 0.3 is 0 Å². The van der Waals surface area contributed by atoms with E-state index >= 15 is 0 Å². The summed E-state index contributed by atoms with van der Waals surface area (Å²) in [6.45, 7) is 16.2. The summed E-state index contributed by atoms with van der Waals surface area (Å²) in [5.41, 5.74) is 3.19. The van der Waals surface area contributed by atoms with Crippen molar-refractivity contribution in [1.29, 1.82) is 0 Å². The molecule has 0 N–H and O–H groups in total. The molecule has 0 fully saturated rings. The quantitative estimate of drug-likeness (QED) is 0.540. The highest BCUT2D eigenvalue weighted by atomic mass is 14.2. The summed E-state index contributed by atoms with van der Waals surface area (Å²) in [4.78, 5) is 0. The molecule has 0 nitrogen and oxygen atoms in total. The van der Waals surface area contributed by atoms with Crippen LogP contribution in [0.4, 0.5) is 0 Å². The molecular formula is C14H28. The van der Waals surface area contributed by atoms with Crippen LogP contribution in [0.2, 0.25) is 0 Å². The van der Waals surface area contributed by atoms with Crippen molar-refractivity contribution in [2.45, 2.75) is 61.3 Å². The molecule has 0 amide bonds. The first kappa shape index (κ1) is 13.7. The number of hydrogen-bond acceptors (Lipinski definition) is 0. The van der Waals surface area contributed by atoms with Gasteiger partial charge < -0.3 is 0 Å². The second-order valence-corrected chi connectivity index (χ2v) is 5.24. The van der Waals surface area contributed by atoms with Gasteiger partial charge in [0, 0.05) is 0 Å². The van der Waals surface area contributed by atoms with Crippen LogP contribution in [0.5, 0.6) is 0 Å². The van der Waals surface area contributed by atoms with Crippen molar-refractivity contribution in [3.8, 4) is 0 Å². The van der Waals surface area contributed by atoms with E-state index < -0.39 is 0 Å². The highest BCUT2D eigenvalue weighted by Gasteiger charge is 2.14. The van der Waals surface area contributed by atoms with Gasteiger partial charge in [0.25, 0.3) is 0 Å². The fraction of sp³-hybridized carbons (Fsp3) is 0.857. The van der Waals surface area contributed by atoms with E-state index in [2.05, 4.69) is 48.5 Å². The lowest BCUT2D eigenvalue weighted by atomic mass is 9.83. The van der Waals surface area contributed by atoms with Gasteiger partial charge in [-0.25, -0.2) is 0 Å². The molecule has 0 aromatic heterocycles. The van der Waals surface area contributed by atoms with Gasteiger partial charge in [0.15, 0.2) is 0 Å². The fourth-order valence-corrected chi connectivity index (χ4v) is 2.17. The van der Waals surface area contributed by atoms with Crippen molar-refractivity contribution in [2.75, 3.05) is 0 Å². The van der Waals surface area contributed by atoms with Crippen LogP contribution in [0.1, 0.15) is 61.3 Å². The van der Waals surface area contributed by atoms with Crippen LogP contribution in [0.25, 0.3) is 0 Å². The van der Waals surface area contributed by atoms with Gasteiger partial charge in [0.2, 0.25) is 0 Å². The molecule has 0 heteroatoms. The van der Waals surface area contributed by atoms with Crippen LogP contribution in [-0.4, -0.2) is 0 Å². The zero-order valence-electron chi connectivity index (χ0n) is 11.1. The van der Waals surface area contributed by atoms with E-state index in [-0.39, 0.29) is 0 Å². The highest BCUT2D eigenvalue weighted by molar-refractivity contribution is 5.12. The maximum absolute atomic E-state index is 2.38. The average Bonchev–Trinajstić information content (AvgIpc) is 2.04. The SMILES string of the molecule is CCC(=C(C)C)C(C)CC(C)C(C)C. The minimum atomic E-state index is 0.766. The molecule has 2 atom stereocenters. The molecular weight excluding hydrogens is 168 g/mol. The Balaban J connectivity index is 4.33. The van der Waals surface area contributed by atoms with Gasteiger partial charge in [-0.15, -0.1) is 0 Å². The van der Waals surface area contributed by atoms with Gasteiger partial charge in [0.05, 0.1) is 0 Å². The molecule has 0 aliphatic rings. The minimum Gasteiger partial charge on any atom is -0.0770 e. The predicted octanol–water partition coefficient (Wildman–Crippen LogP) is 5.05. The summed E-state index contributed by atoms with van der Waals surface area (Å²) in [6, 6.07) is 0. The third-order valence-electron chi connectivity index (χ3n) is 3.48. The molecule has 14 heavy (non-hydrogen) atoms. The third kappa shape index (κ3) is 4.30. The standard InChI is InChI=1S/C14H28/c1-8-14(11(4)5)13(7)9-12(6)10(2)3/h10,12-13H,8-9H2,1-7H3. The van der Waals surface area contributed by atoms with Gasteiger partial charge in [-0.05, 0) is 44.4 Å². The Kier molecular flexibility index (Phi) is 6.15. The highest BCUT2D eigenvalue weighted by Crippen LogP contribution is 2.27. The zero-order valence-corrected chi connectivity index (χ0v) is 11.1. The lowest BCUT2D eigenvalue weighted by Gasteiger charge is -2.23. The van der Waals surface area contributed by atoms with Crippen LogP contribution < -0.4 is 0 Å². The molecule has 0 saturated carbocycles. The molecule has 0 bridgehead atoms. The maximum atomic E-state index is 2.38. The van der Waals surface area contributed by atoms with Crippen molar-refractivity contribution in [3.63, 3.8) is 0 Å². The first-order chi connectivity index (χ1) is 6.40. The fourth-order valence-electron chi connectivity index (χ4n) is 2.17. The molecule has 0 aliphatic heterocycles. The molecule has 0 aromatic carbocycles. The van der Waals surface area contributed by atoms with Crippen LogP contribution in [0.3, 0.4) is 0 Å². The molecule has 0 aromatic rings. The summed E-state index contributed by atoms with van der Waals surface area (Å²) in [6.07, 6.45) is 2.56. The Morgan fingerprint density at radius 3 is 1.79 bits per heavy atom. The number of hydrogen-bond donors (Lipinski definition) is 0. The Bertz CT molecular complexity index is 182. The van der Waals surface area contributed by atoms with E-state index in [4.69, 9.17) is 0 Å². The summed E-state index contributed by atoms with van der Waals surface area (Å²) in [7, 11) is 0. The summed E-state index contributed by atoms with van der Waals surface area (Å²) >= 11 is 0. The molecule has 0 radical (unpaired) electrons. The lowest BCUT2D eigenvalue weighted by Crippen LogP contribution is -2.11. The van der Waals surface area contributed by atoms with Gasteiger partial charge in [-0.3, -0.25) is 0 Å². The minimum absolute atomic E-state index is 0.766. The van der Waals surface area contributed by atoms with Crippen molar-refractivity contribution < 1.29 is 0 Å². The van der Waals surface area contributed by atoms with Crippen LogP contribution in [0.15, 0.2) is 11.1 Å². The van der Waals surface area contributed by atoms with E-state index in [1.807, 2.05) is 0 Å².